The molecule has 1 heterocycles. The summed E-state index contributed by atoms with van der Waals surface area (Å²) in [6, 6.07) is 18.0. The summed E-state index contributed by atoms with van der Waals surface area (Å²) in [6.07, 6.45) is 7.19. The van der Waals surface area contributed by atoms with E-state index in [1.165, 1.54) is 65.1 Å². The average molecular weight is 485 g/mol. The molecule has 0 fully saturated rings. The van der Waals surface area contributed by atoms with Crippen LogP contribution in [0.5, 0.6) is 0 Å². The summed E-state index contributed by atoms with van der Waals surface area (Å²) in [4.78, 5) is 1.45. The van der Waals surface area contributed by atoms with E-state index in [0.717, 1.165) is 12.8 Å². The van der Waals surface area contributed by atoms with Crippen LogP contribution in [0.15, 0.2) is 104 Å². The predicted molar refractivity (Wildman–Crippen MR) is 138 cm³/mol. The van der Waals surface area contributed by atoms with Gasteiger partial charge in [0.2, 0.25) is 0 Å². The number of halogens is 1. The van der Waals surface area contributed by atoms with Gasteiger partial charge in [-0.1, -0.05) is 54.6 Å². The lowest BCUT2D eigenvalue weighted by Gasteiger charge is -2.23. The van der Waals surface area contributed by atoms with E-state index in [1.54, 1.807) is 0 Å². The van der Waals surface area contributed by atoms with E-state index in [9.17, 15) is 0 Å². The second kappa shape index (κ2) is 7.25. The monoisotopic (exact) mass is 484 g/mol. The maximum Gasteiger partial charge on any atom is 0.0544 e. The first-order valence-corrected chi connectivity index (χ1v) is 12.8. The molecule has 3 aliphatic carbocycles. The minimum absolute atomic E-state index is 0.454. The third-order valence-corrected chi connectivity index (χ3v) is 9.55. The van der Waals surface area contributed by atoms with Gasteiger partial charge in [-0.05, 0) is 116 Å². The highest BCUT2D eigenvalue weighted by molar-refractivity contribution is 9.12. The summed E-state index contributed by atoms with van der Waals surface area (Å²) in [5.41, 5.74) is 14.6. The molecule has 4 aliphatic rings. The molecule has 0 nitrogen and oxygen atoms in total. The third kappa shape index (κ3) is 2.88. The van der Waals surface area contributed by atoms with Crippen molar-refractivity contribution in [1.82, 2.24) is 0 Å². The van der Waals surface area contributed by atoms with Gasteiger partial charge < -0.3 is 0 Å². The molecule has 0 N–H and O–H groups in total. The molecule has 0 amide bonds. The van der Waals surface area contributed by atoms with Crippen molar-refractivity contribution < 1.29 is 0 Å². The fraction of sp³-hybridized carbons (Fsp3) is 0.241. The Kier molecular flexibility index (Phi) is 4.59. The number of rotatable bonds is 3. The first kappa shape index (κ1) is 19.6. The lowest BCUT2D eigenvalue weighted by molar-refractivity contribution is 0.727. The molecule has 1 atom stereocenters. The second-order valence-corrected chi connectivity index (χ2v) is 11.2. The van der Waals surface area contributed by atoms with E-state index < -0.39 is 0 Å². The van der Waals surface area contributed by atoms with Crippen molar-refractivity contribution >= 4 is 27.7 Å². The summed E-state index contributed by atoms with van der Waals surface area (Å²) >= 11 is 5.99. The van der Waals surface area contributed by atoms with Crippen molar-refractivity contribution in [2.75, 3.05) is 0 Å². The van der Waals surface area contributed by atoms with Gasteiger partial charge >= 0.3 is 0 Å². The molecule has 2 aromatic carbocycles. The second-order valence-electron chi connectivity index (χ2n) is 9.01. The Hall–Kier alpha value is -2.03. The highest BCUT2D eigenvalue weighted by atomic mass is 79.9. The maximum absolute atomic E-state index is 3.98. The Morgan fingerprint density at radius 1 is 0.871 bits per heavy atom. The molecule has 0 bridgehead atoms. The summed E-state index contributed by atoms with van der Waals surface area (Å²) in [5.74, 6) is 0.488. The van der Waals surface area contributed by atoms with Crippen LogP contribution in [0.25, 0.3) is 11.1 Å². The van der Waals surface area contributed by atoms with Crippen LogP contribution in [0.3, 0.4) is 0 Å². The molecule has 1 unspecified atom stereocenters. The molecular formula is C29H25BrS. The van der Waals surface area contributed by atoms with Gasteiger partial charge in [-0.15, -0.1) is 11.8 Å². The van der Waals surface area contributed by atoms with E-state index >= 15 is 0 Å². The van der Waals surface area contributed by atoms with E-state index in [-0.39, 0.29) is 0 Å². The van der Waals surface area contributed by atoms with Crippen molar-refractivity contribution in [2.45, 2.75) is 44.8 Å². The average Bonchev–Trinajstić information content (AvgIpc) is 3.37. The van der Waals surface area contributed by atoms with Crippen molar-refractivity contribution in [3.8, 4) is 11.1 Å². The predicted octanol–water partition coefficient (Wildman–Crippen LogP) is 8.83. The lowest BCUT2D eigenvalue weighted by Crippen LogP contribution is -2.10. The van der Waals surface area contributed by atoms with Crippen LogP contribution in [-0.2, 0) is 0 Å². The van der Waals surface area contributed by atoms with Gasteiger partial charge in [0.1, 0.15) is 0 Å². The minimum atomic E-state index is 0.454. The standard InChI is InChI=1S/C29H25BrS/c1-16-14-26-25(15-27-28(29(26)30)17(2)18(3)31-27)19(16)12-13-24-22-10-6-4-8-20(22)21-9-5-7-11-23(21)24/h4-11,14-15,24,27H,12-13H2,1-3H3. The molecule has 154 valence electrons. The van der Waals surface area contributed by atoms with Gasteiger partial charge in [-0.3, -0.25) is 0 Å². The van der Waals surface area contributed by atoms with Crippen LogP contribution in [0, 0.1) is 0 Å². The van der Waals surface area contributed by atoms with Crippen molar-refractivity contribution in [3.05, 3.63) is 115 Å². The summed E-state index contributed by atoms with van der Waals surface area (Å²) in [7, 11) is 0. The van der Waals surface area contributed by atoms with Crippen molar-refractivity contribution in [3.63, 3.8) is 0 Å². The number of fused-ring (bicyclic) bond motifs is 5. The van der Waals surface area contributed by atoms with Gasteiger partial charge in [-0.2, -0.15) is 0 Å². The Morgan fingerprint density at radius 2 is 1.52 bits per heavy atom. The molecule has 6 rings (SSSR count). The van der Waals surface area contributed by atoms with Crippen LogP contribution in [0.1, 0.15) is 50.7 Å². The van der Waals surface area contributed by atoms with E-state index in [1.807, 2.05) is 11.8 Å². The Labute approximate surface area is 197 Å². The van der Waals surface area contributed by atoms with Crippen LogP contribution in [-0.4, -0.2) is 5.25 Å². The van der Waals surface area contributed by atoms with Crippen molar-refractivity contribution in [2.24, 2.45) is 0 Å². The lowest BCUT2D eigenvalue weighted by atomic mass is 9.85. The number of allylic oxidation sites excluding steroid dienone is 8. The SMILES string of the molecule is CC1=C(CCC2c3ccccc3-c3ccccc32)C2=CC3SC(C)=C(C)C3=C(Br)C2=C1. The first-order valence-electron chi connectivity index (χ1n) is 11.1. The normalized spacial score (nSPS) is 21.9. The van der Waals surface area contributed by atoms with Gasteiger partial charge in [-0.25, -0.2) is 0 Å². The van der Waals surface area contributed by atoms with E-state index in [2.05, 4.69) is 97.4 Å². The Morgan fingerprint density at radius 3 is 2.19 bits per heavy atom. The van der Waals surface area contributed by atoms with Gasteiger partial charge in [0.05, 0.1) is 5.25 Å². The largest absolute Gasteiger partial charge is 0.118 e. The number of benzene rings is 2. The summed E-state index contributed by atoms with van der Waals surface area (Å²) < 4.78 is 1.31. The molecule has 0 saturated carbocycles. The third-order valence-electron chi connectivity index (χ3n) is 7.41. The quantitative estimate of drug-likeness (QED) is 0.419. The Bertz CT molecular complexity index is 1250. The van der Waals surface area contributed by atoms with Gasteiger partial charge in [0.15, 0.2) is 0 Å². The highest BCUT2D eigenvalue weighted by Gasteiger charge is 2.36. The maximum atomic E-state index is 3.98. The van der Waals surface area contributed by atoms with Gasteiger partial charge in [0, 0.05) is 10.4 Å². The number of thioether (sulfide) groups is 1. The smallest absolute Gasteiger partial charge is 0.0544 e. The van der Waals surface area contributed by atoms with Crippen LogP contribution >= 0.6 is 27.7 Å². The zero-order chi connectivity index (χ0) is 21.3. The number of hydrogen-bond acceptors (Lipinski definition) is 1. The summed E-state index contributed by atoms with van der Waals surface area (Å²) in [6.45, 7) is 6.81. The minimum Gasteiger partial charge on any atom is -0.118 e. The zero-order valence-corrected chi connectivity index (χ0v) is 20.5. The highest BCUT2D eigenvalue weighted by Crippen LogP contribution is 2.54. The fourth-order valence-electron chi connectivity index (χ4n) is 5.76. The van der Waals surface area contributed by atoms with E-state index in [0.29, 0.717) is 11.2 Å². The number of hydrogen-bond donors (Lipinski definition) is 0. The topological polar surface area (TPSA) is 0 Å². The molecule has 0 spiro atoms. The zero-order valence-electron chi connectivity index (χ0n) is 18.1. The molecule has 2 heteroatoms. The molecule has 0 aromatic heterocycles. The molecule has 2 aromatic rings. The van der Waals surface area contributed by atoms with Crippen molar-refractivity contribution in [1.29, 1.82) is 0 Å². The van der Waals surface area contributed by atoms with Crippen LogP contribution < -0.4 is 0 Å². The first-order chi connectivity index (χ1) is 15.0. The Balaban J connectivity index is 1.31. The van der Waals surface area contributed by atoms with E-state index in [4.69, 9.17) is 0 Å². The molecule has 31 heavy (non-hydrogen) atoms. The van der Waals surface area contributed by atoms with Crippen LogP contribution in [0.2, 0.25) is 0 Å². The molecule has 0 radical (unpaired) electrons. The molecular weight excluding hydrogens is 460 g/mol. The fourth-order valence-corrected chi connectivity index (χ4v) is 8.07. The summed E-state index contributed by atoms with van der Waals surface area (Å²) in [5, 5.41) is 0.454. The molecule has 0 saturated heterocycles. The van der Waals surface area contributed by atoms with Gasteiger partial charge in [0.25, 0.3) is 0 Å². The van der Waals surface area contributed by atoms with Crippen LogP contribution in [0.4, 0.5) is 0 Å². The molecule has 1 aliphatic heterocycles.